The standard InChI is InChI=1S/C14H26N2/c15-16(13-9-5-1-2-6-10-13)14-11-7-3-4-8-12-14/h13-14H,1-12H2. The molecule has 0 saturated heterocycles. The van der Waals surface area contributed by atoms with Crippen LogP contribution in [0.3, 0.4) is 0 Å². The zero-order valence-electron chi connectivity index (χ0n) is 10.5. The Kier molecular flexibility index (Phi) is 4.80. The van der Waals surface area contributed by atoms with Crippen molar-refractivity contribution in [3.05, 3.63) is 5.53 Å². The summed E-state index contributed by atoms with van der Waals surface area (Å²) in [5.74, 6) is 0. The molecule has 2 fully saturated rings. The lowest BCUT2D eigenvalue weighted by Crippen LogP contribution is -2.32. The molecule has 0 aromatic heterocycles. The van der Waals surface area contributed by atoms with E-state index >= 15 is 0 Å². The maximum atomic E-state index is 10.4. The predicted octanol–water partition coefficient (Wildman–Crippen LogP) is 4.47. The van der Waals surface area contributed by atoms with Crippen molar-refractivity contribution in [2.45, 2.75) is 89.1 Å². The SMILES string of the molecule is [N-]=[N+](C1CCCCCC1)C1CCCCCC1. The molecule has 2 aliphatic rings. The minimum absolute atomic E-state index is 0.464. The summed E-state index contributed by atoms with van der Waals surface area (Å²) in [6.45, 7) is 0. The zero-order valence-corrected chi connectivity index (χ0v) is 10.5. The summed E-state index contributed by atoms with van der Waals surface area (Å²) in [5, 5.41) is 0. The quantitative estimate of drug-likeness (QED) is 0.374. The van der Waals surface area contributed by atoms with Gasteiger partial charge in [-0.3, -0.25) is 0 Å². The fourth-order valence-electron chi connectivity index (χ4n) is 3.34. The van der Waals surface area contributed by atoms with Crippen LogP contribution in [0.5, 0.6) is 0 Å². The first-order chi connectivity index (χ1) is 7.88. The first kappa shape index (κ1) is 12.1. The van der Waals surface area contributed by atoms with E-state index in [1.165, 1.54) is 77.0 Å². The second-order valence-electron chi connectivity index (χ2n) is 5.67. The molecule has 0 unspecified atom stereocenters. The summed E-state index contributed by atoms with van der Waals surface area (Å²) in [4.78, 5) is 0. The zero-order chi connectivity index (χ0) is 11.2. The molecular formula is C14H26N2. The number of nitrogens with zero attached hydrogens (tertiary/aromatic N) is 2. The number of hydrogen-bond acceptors (Lipinski definition) is 0. The van der Waals surface area contributed by atoms with Gasteiger partial charge in [-0.2, -0.15) is 0 Å². The molecule has 0 atom stereocenters. The van der Waals surface area contributed by atoms with Crippen LogP contribution in [0.15, 0.2) is 0 Å². The number of rotatable bonds is 2. The average molecular weight is 222 g/mol. The Morgan fingerprint density at radius 1 is 0.562 bits per heavy atom. The largest absolute Gasteiger partial charge is 0.506 e. The van der Waals surface area contributed by atoms with Crippen LogP contribution in [-0.4, -0.2) is 16.8 Å². The van der Waals surface area contributed by atoms with Gasteiger partial charge in [0.05, 0.1) is 0 Å². The van der Waals surface area contributed by atoms with Gasteiger partial charge in [-0.1, -0.05) is 25.7 Å². The highest BCUT2D eigenvalue weighted by molar-refractivity contribution is 4.68. The van der Waals surface area contributed by atoms with Crippen molar-refractivity contribution in [1.82, 2.24) is 0 Å². The minimum atomic E-state index is 0.464. The van der Waals surface area contributed by atoms with Crippen molar-refractivity contribution in [3.63, 3.8) is 0 Å². The number of hydrogen-bond donors (Lipinski definition) is 0. The van der Waals surface area contributed by atoms with Crippen LogP contribution >= 0.6 is 0 Å². The van der Waals surface area contributed by atoms with Crippen molar-refractivity contribution >= 4 is 0 Å². The second kappa shape index (κ2) is 6.36. The molecular weight excluding hydrogens is 196 g/mol. The third kappa shape index (κ3) is 3.29. The first-order valence-electron chi connectivity index (χ1n) is 7.35. The van der Waals surface area contributed by atoms with Gasteiger partial charge in [0.15, 0.2) is 0 Å². The fourth-order valence-corrected chi connectivity index (χ4v) is 3.34. The molecule has 2 saturated carbocycles. The third-order valence-electron chi connectivity index (χ3n) is 4.40. The normalized spacial score (nSPS) is 26.0. The van der Waals surface area contributed by atoms with Gasteiger partial charge in [-0.05, 0) is 25.7 Å². The maximum Gasteiger partial charge on any atom is 0.141 e. The Labute approximate surface area is 99.9 Å². The summed E-state index contributed by atoms with van der Waals surface area (Å²) in [6, 6.07) is 0.927. The van der Waals surface area contributed by atoms with Crippen LogP contribution < -0.4 is 0 Å². The molecule has 2 heteroatoms. The van der Waals surface area contributed by atoms with Crippen LogP contribution in [0.2, 0.25) is 0 Å². The van der Waals surface area contributed by atoms with E-state index in [1.54, 1.807) is 4.70 Å². The second-order valence-corrected chi connectivity index (χ2v) is 5.67. The molecule has 2 aliphatic carbocycles. The predicted molar refractivity (Wildman–Crippen MR) is 66.6 cm³/mol. The minimum Gasteiger partial charge on any atom is -0.506 e. The van der Waals surface area contributed by atoms with Crippen LogP contribution in [0.25, 0.3) is 5.53 Å². The molecule has 0 N–H and O–H groups in total. The van der Waals surface area contributed by atoms with Gasteiger partial charge < -0.3 is 10.2 Å². The Bertz CT molecular complexity index is 187. The van der Waals surface area contributed by atoms with Crippen molar-refractivity contribution in [2.24, 2.45) is 0 Å². The van der Waals surface area contributed by atoms with Gasteiger partial charge in [0.1, 0.15) is 12.1 Å². The highest BCUT2D eigenvalue weighted by Crippen LogP contribution is 2.26. The van der Waals surface area contributed by atoms with Crippen molar-refractivity contribution < 1.29 is 4.70 Å². The molecule has 2 nitrogen and oxygen atoms in total. The maximum absolute atomic E-state index is 10.4. The van der Waals surface area contributed by atoms with Gasteiger partial charge in [-0.15, -0.1) is 0 Å². The third-order valence-corrected chi connectivity index (χ3v) is 4.40. The van der Waals surface area contributed by atoms with Gasteiger partial charge in [0, 0.05) is 25.7 Å². The molecule has 0 aromatic rings. The van der Waals surface area contributed by atoms with Crippen molar-refractivity contribution in [2.75, 3.05) is 0 Å². The molecule has 0 amide bonds. The molecule has 0 spiro atoms. The molecule has 0 radical (unpaired) electrons. The van der Waals surface area contributed by atoms with E-state index < -0.39 is 0 Å². The lowest BCUT2D eigenvalue weighted by atomic mass is 10.0. The summed E-state index contributed by atoms with van der Waals surface area (Å²) in [7, 11) is 0. The molecule has 0 heterocycles. The first-order valence-corrected chi connectivity index (χ1v) is 7.35. The molecule has 2 rings (SSSR count). The Balaban J connectivity index is 1.88. The van der Waals surface area contributed by atoms with E-state index in [0.29, 0.717) is 12.1 Å². The fraction of sp³-hybridized carbons (Fsp3) is 1.00. The van der Waals surface area contributed by atoms with Gasteiger partial charge in [0.25, 0.3) is 0 Å². The topological polar surface area (TPSA) is 25.3 Å². The molecule has 0 aliphatic heterocycles. The highest BCUT2D eigenvalue weighted by atomic mass is 15.2. The van der Waals surface area contributed by atoms with Crippen LogP contribution in [0, 0.1) is 0 Å². The lowest BCUT2D eigenvalue weighted by molar-refractivity contribution is -0.623. The molecule has 16 heavy (non-hydrogen) atoms. The Morgan fingerprint density at radius 3 is 1.19 bits per heavy atom. The van der Waals surface area contributed by atoms with E-state index in [4.69, 9.17) is 0 Å². The summed E-state index contributed by atoms with van der Waals surface area (Å²) in [6.07, 6.45) is 15.6. The molecule has 92 valence electrons. The summed E-state index contributed by atoms with van der Waals surface area (Å²) >= 11 is 0. The van der Waals surface area contributed by atoms with E-state index in [2.05, 4.69) is 0 Å². The van der Waals surface area contributed by atoms with E-state index in [-0.39, 0.29) is 0 Å². The van der Waals surface area contributed by atoms with E-state index in [1.807, 2.05) is 0 Å². The van der Waals surface area contributed by atoms with E-state index in [9.17, 15) is 5.53 Å². The monoisotopic (exact) mass is 222 g/mol. The Hall–Kier alpha value is -0.400. The van der Waals surface area contributed by atoms with Crippen LogP contribution in [0.4, 0.5) is 0 Å². The van der Waals surface area contributed by atoms with Gasteiger partial charge >= 0.3 is 0 Å². The highest BCUT2D eigenvalue weighted by Gasteiger charge is 2.26. The summed E-state index contributed by atoms with van der Waals surface area (Å²) < 4.78 is 1.76. The van der Waals surface area contributed by atoms with Crippen molar-refractivity contribution in [3.8, 4) is 0 Å². The average Bonchev–Trinajstić information content (AvgIpc) is 2.73. The van der Waals surface area contributed by atoms with E-state index in [0.717, 1.165) is 0 Å². The van der Waals surface area contributed by atoms with Crippen molar-refractivity contribution in [1.29, 1.82) is 0 Å². The smallest absolute Gasteiger partial charge is 0.141 e. The molecule has 0 bridgehead atoms. The lowest BCUT2D eigenvalue weighted by Gasteiger charge is -2.24. The van der Waals surface area contributed by atoms with Gasteiger partial charge in [0.2, 0.25) is 0 Å². The van der Waals surface area contributed by atoms with Crippen LogP contribution in [0.1, 0.15) is 77.0 Å². The molecule has 0 aromatic carbocycles. The summed E-state index contributed by atoms with van der Waals surface area (Å²) in [5.41, 5.74) is 10.4. The van der Waals surface area contributed by atoms with Crippen LogP contribution in [-0.2, 0) is 0 Å². The Morgan fingerprint density at radius 2 is 0.875 bits per heavy atom. The van der Waals surface area contributed by atoms with Gasteiger partial charge in [-0.25, -0.2) is 0 Å².